The highest BCUT2D eigenvalue weighted by Gasteiger charge is 2.30. The van der Waals surface area contributed by atoms with E-state index in [1.54, 1.807) is 0 Å². The summed E-state index contributed by atoms with van der Waals surface area (Å²) >= 11 is 0. The Labute approximate surface area is 176 Å². The van der Waals surface area contributed by atoms with Gasteiger partial charge in [0.1, 0.15) is 0 Å². The van der Waals surface area contributed by atoms with Gasteiger partial charge in [0.2, 0.25) is 11.8 Å². The molecule has 0 radical (unpaired) electrons. The Bertz CT molecular complexity index is 572. The van der Waals surface area contributed by atoms with Crippen molar-refractivity contribution in [3.8, 4) is 0 Å². The van der Waals surface area contributed by atoms with Gasteiger partial charge in [0, 0.05) is 57.8 Å². The molecule has 1 atom stereocenters. The predicted molar refractivity (Wildman–Crippen MR) is 117 cm³/mol. The van der Waals surface area contributed by atoms with Crippen LogP contribution in [0.5, 0.6) is 0 Å². The molecule has 1 unspecified atom stereocenters. The molecule has 8 heteroatoms. The first-order valence-electron chi connectivity index (χ1n) is 11.1. The number of rotatable bonds is 6. The molecule has 2 aliphatic rings. The highest BCUT2D eigenvalue weighted by Crippen LogP contribution is 2.14. The van der Waals surface area contributed by atoms with E-state index in [1.807, 2.05) is 32.6 Å². The van der Waals surface area contributed by atoms with Crippen molar-refractivity contribution in [1.82, 2.24) is 25.3 Å². The van der Waals surface area contributed by atoms with Gasteiger partial charge >= 0.3 is 0 Å². The number of amides is 2. The minimum atomic E-state index is -0.381. The molecule has 2 N–H and O–H groups in total. The Morgan fingerprint density at radius 2 is 1.59 bits per heavy atom. The summed E-state index contributed by atoms with van der Waals surface area (Å²) in [6.07, 6.45) is 2.26. The molecule has 2 heterocycles. The lowest BCUT2D eigenvalue weighted by atomic mass is 9.96. The number of likely N-dealkylation sites (tertiary alicyclic amines) is 1. The van der Waals surface area contributed by atoms with Gasteiger partial charge in [0.05, 0.1) is 12.6 Å². The molecule has 29 heavy (non-hydrogen) atoms. The maximum atomic E-state index is 12.7. The average molecular weight is 409 g/mol. The zero-order chi connectivity index (χ0) is 21.4. The van der Waals surface area contributed by atoms with Crippen molar-refractivity contribution in [2.75, 3.05) is 58.9 Å². The molecular formula is C21H40N6O2. The molecule has 0 spiro atoms. The van der Waals surface area contributed by atoms with Crippen LogP contribution in [0.1, 0.15) is 47.5 Å². The van der Waals surface area contributed by atoms with Crippen LogP contribution in [-0.4, -0.2) is 97.4 Å². The summed E-state index contributed by atoms with van der Waals surface area (Å²) in [4.78, 5) is 35.8. The minimum absolute atomic E-state index is 0.0444. The van der Waals surface area contributed by atoms with Gasteiger partial charge in [0.15, 0.2) is 5.96 Å². The van der Waals surface area contributed by atoms with Crippen molar-refractivity contribution in [2.24, 2.45) is 10.4 Å². The van der Waals surface area contributed by atoms with Crippen molar-refractivity contribution in [3.05, 3.63) is 0 Å². The molecule has 0 aromatic rings. The van der Waals surface area contributed by atoms with Gasteiger partial charge in [-0.3, -0.25) is 19.5 Å². The maximum Gasteiger partial charge on any atom is 0.239 e. The first-order valence-corrected chi connectivity index (χ1v) is 11.1. The van der Waals surface area contributed by atoms with E-state index in [9.17, 15) is 9.59 Å². The van der Waals surface area contributed by atoms with Crippen LogP contribution in [0.2, 0.25) is 0 Å². The van der Waals surface area contributed by atoms with E-state index in [1.165, 1.54) is 0 Å². The number of nitrogens with one attached hydrogen (secondary N) is 2. The summed E-state index contributed by atoms with van der Waals surface area (Å²) in [5, 5.41) is 6.29. The molecule has 0 bridgehead atoms. The van der Waals surface area contributed by atoms with Crippen molar-refractivity contribution in [1.29, 1.82) is 0 Å². The maximum absolute atomic E-state index is 12.7. The summed E-state index contributed by atoms with van der Waals surface area (Å²) < 4.78 is 0. The van der Waals surface area contributed by atoms with E-state index < -0.39 is 0 Å². The fourth-order valence-corrected chi connectivity index (χ4v) is 3.70. The van der Waals surface area contributed by atoms with Gasteiger partial charge in [-0.05, 0) is 26.7 Å². The van der Waals surface area contributed by atoms with Crippen LogP contribution in [0.4, 0.5) is 0 Å². The van der Waals surface area contributed by atoms with E-state index in [0.29, 0.717) is 13.1 Å². The lowest BCUT2D eigenvalue weighted by molar-refractivity contribution is -0.135. The van der Waals surface area contributed by atoms with Crippen molar-refractivity contribution in [2.45, 2.75) is 53.5 Å². The first-order chi connectivity index (χ1) is 13.7. The Balaban J connectivity index is 1.82. The molecule has 2 fully saturated rings. The lowest BCUT2D eigenvalue weighted by Gasteiger charge is -2.39. The van der Waals surface area contributed by atoms with E-state index >= 15 is 0 Å². The predicted octanol–water partition coefficient (Wildman–Crippen LogP) is 0.743. The Morgan fingerprint density at radius 1 is 0.966 bits per heavy atom. The van der Waals surface area contributed by atoms with Crippen LogP contribution in [0.3, 0.4) is 0 Å². The van der Waals surface area contributed by atoms with Gasteiger partial charge in [-0.2, -0.15) is 0 Å². The normalized spacial score (nSPS) is 20.0. The molecule has 2 rings (SSSR count). The van der Waals surface area contributed by atoms with Gasteiger partial charge in [-0.15, -0.1) is 0 Å². The van der Waals surface area contributed by atoms with Crippen LogP contribution >= 0.6 is 0 Å². The molecular weight excluding hydrogens is 368 g/mol. The number of nitrogens with zero attached hydrogens (tertiary/aromatic N) is 4. The molecule has 166 valence electrons. The molecule has 0 saturated carbocycles. The second-order valence-corrected chi connectivity index (χ2v) is 8.97. The standard InChI is InChI=1S/C21H40N6O2/c1-6-22-20(24-10-9-23-19(29)21(3,4)5)27-15-13-25(14-16-27)17(2)18(28)26-11-7-8-12-26/h17H,6-16H2,1-5H3,(H,22,24)(H,23,29). The fraction of sp³-hybridized carbons (Fsp3) is 0.857. The van der Waals surface area contributed by atoms with Gasteiger partial charge in [-0.25, -0.2) is 0 Å². The van der Waals surface area contributed by atoms with Crippen LogP contribution in [0, 0.1) is 5.41 Å². The third-order valence-corrected chi connectivity index (χ3v) is 5.61. The second-order valence-electron chi connectivity index (χ2n) is 8.97. The van der Waals surface area contributed by atoms with E-state index in [2.05, 4.69) is 32.3 Å². The molecule has 2 amide bonds. The topological polar surface area (TPSA) is 80.3 Å². The highest BCUT2D eigenvalue weighted by atomic mass is 16.2. The van der Waals surface area contributed by atoms with Crippen LogP contribution in [0.25, 0.3) is 0 Å². The van der Waals surface area contributed by atoms with E-state index in [0.717, 1.165) is 64.6 Å². The third kappa shape index (κ3) is 6.87. The third-order valence-electron chi connectivity index (χ3n) is 5.61. The van der Waals surface area contributed by atoms with Crippen molar-refractivity contribution in [3.63, 3.8) is 0 Å². The Kier molecular flexibility index (Phi) is 8.74. The summed E-state index contributed by atoms with van der Waals surface area (Å²) in [7, 11) is 0. The van der Waals surface area contributed by atoms with Crippen LogP contribution in [0.15, 0.2) is 4.99 Å². The number of guanidine groups is 1. The molecule has 0 aromatic carbocycles. The van der Waals surface area contributed by atoms with Crippen molar-refractivity contribution < 1.29 is 9.59 Å². The zero-order valence-corrected chi connectivity index (χ0v) is 19.0. The number of carbonyl (C=O) groups excluding carboxylic acids is 2. The summed E-state index contributed by atoms with van der Waals surface area (Å²) in [6.45, 7) is 16.9. The summed E-state index contributed by atoms with van der Waals surface area (Å²) in [6, 6.07) is -0.0533. The summed E-state index contributed by atoms with van der Waals surface area (Å²) in [5.41, 5.74) is -0.381. The Hall–Kier alpha value is -1.83. The quantitative estimate of drug-likeness (QED) is 0.385. The number of piperazine rings is 1. The second kappa shape index (κ2) is 10.8. The number of carbonyl (C=O) groups is 2. The van der Waals surface area contributed by atoms with Gasteiger partial charge in [0.25, 0.3) is 0 Å². The first kappa shape index (κ1) is 23.4. The lowest BCUT2D eigenvalue weighted by Crippen LogP contribution is -2.57. The molecule has 0 aromatic heterocycles. The average Bonchev–Trinajstić information content (AvgIpc) is 3.23. The summed E-state index contributed by atoms with van der Waals surface area (Å²) in [5.74, 6) is 1.20. The molecule has 2 saturated heterocycles. The largest absolute Gasteiger partial charge is 0.357 e. The van der Waals surface area contributed by atoms with Crippen LogP contribution < -0.4 is 10.6 Å². The number of hydrogen-bond acceptors (Lipinski definition) is 4. The van der Waals surface area contributed by atoms with Gasteiger partial charge < -0.3 is 20.4 Å². The minimum Gasteiger partial charge on any atom is -0.357 e. The fourth-order valence-electron chi connectivity index (χ4n) is 3.70. The molecule has 2 aliphatic heterocycles. The molecule has 0 aliphatic carbocycles. The Morgan fingerprint density at radius 3 is 2.14 bits per heavy atom. The number of hydrogen-bond donors (Lipinski definition) is 2. The van der Waals surface area contributed by atoms with Crippen LogP contribution in [-0.2, 0) is 9.59 Å². The van der Waals surface area contributed by atoms with E-state index in [-0.39, 0.29) is 23.3 Å². The van der Waals surface area contributed by atoms with Crippen molar-refractivity contribution >= 4 is 17.8 Å². The number of aliphatic imine (C=N–C) groups is 1. The SMILES string of the molecule is CCNC(=NCCNC(=O)C(C)(C)C)N1CCN(C(C)C(=O)N2CCCC2)CC1. The monoisotopic (exact) mass is 408 g/mol. The highest BCUT2D eigenvalue weighted by molar-refractivity contribution is 5.82. The van der Waals surface area contributed by atoms with Gasteiger partial charge in [-0.1, -0.05) is 20.8 Å². The van der Waals surface area contributed by atoms with E-state index in [4.69, 9.17) is 0 Å². The molecule has 8 nitrogen and oxygen atoms in total. The smallest absolute Gasteiger partial charge is 0.239 e. The zero-order valence-electron chi connectivity index (χ0n) is 19.0.